The molecule has 1 rings (SSSR count). The Morgan fingerprint density at radius 3 is 1.57 bits per heavy atom. The molecule has 0 spiro atoms. The predicted octanol–water partition coefficient (Wildman–Crippen LogP) is 0.753. The second-order valence-corrected chi connectivity index (χ2v) is 3.26. The molecule has 1 aromatic rings. The summed E-state index contributed by atoms with van der Waals surface area (Å²) >= 11 is 0. The van der Waals surface area contributed by atoms with Gasteiger partial charge in [-0.2, -0.15) is 8.42 Å². The lowest BCUT2D eigenvalue weighted by molar-refractivity contribution is 0.381. The molecule has 14 heavy (non-hydrogen) atoms. The SMILES string of the molecule is Cc1c(O)cccc1O.O=S(=O)(O)O. The lowest BCUT2D eigenvalue weighted by atomic mass is 10.2. The molecule has 0 aliphatic heterocycles. The molecule has 0 saturated heterocycles. The molecule has 0 unspecified atom stereocenters. The maximum atomic E-state index is 8.94. The van der Waals surface area contributed by atoms with E-state index in [-0.39, 0.29) is 11.5 Å². The Labute approximate surface area is 81.0 Å². The summed E-state index contributed by atoms with van der Waals surface area (Å²) in [5, 5.41) is 17.9. The quantitative estimate of drug-likeness (QED) is 0.481. The lowest BCUT2D eigenvalue weighted by Gasteiger charge is -1.98. The minimum atomic E-state index is -4.67. The molecule has 0 heterocycles. The van der Waals surface area contributed by atoms with Crippen LogP contribution in [0.1, 0.15) is 5.56 Å². The molecule has 80 valence electrons. The topological polar surface area (TPSA) is 115 Å². The number of phenolic OH excluding ortho intramolecular Hbond substituents is 2. The standard InChI is InChI=1S/C7H8O2.H2O4S/c1-5-6(8)3-2-4-7(5)9;1-5(2,3)4/h2-4,8-9H,1H3;(H2,1,2,3,4). The molecular formula is C7H10O6S. The first kappa shape index (κ1) is 12.7. The largest absolute Gasteiger partial charge is 0.508 e. The van der Waals surface area contributed by atoms with Gasteiger partial charge in [0.2, 0.25) is 0 Å². The van der Waals surface area contributed by atoms with Crippen molar-refractivity contribution in [1.29, 1.82) is 0 Å². The van der Waals surface area contributed by atoms with Crippen molar-refractivity contribution in [2.75, 3.05) is 0 Å². The van der Waals surface area contributed by atoms with Gasteiger partial charge in [-0.15, -0.1) is 0 Å². The summed E-state index contributed by atoms with van der Waals surface area (Å²) in [7, 11) is -4.67. The zero-order valence-corrected chi connectivity index (χ0v) is 8.06. The first-order chi connectivity index (χ1) is 6.22. The van der Waals surface area contributed by atoms with E-state index in [1.165, 1.54) is 12.1 Å². The minimum absolute atomic E-state index is 0.134. The summed E-state index contributed by atoms with van der Waals surface area (Å²) in [6, 6.07) is 4.67. The Morgan fingerprint density at radius 2 is 1.36 bits per heavy atom. The lowest BCUT2D eigenvalue weighted by Crippen LogP contribution is -1.89. The van der Waals surface area contributed by atoms with Crippen molar-refractivity contribution in [3.8, 4) is 11.5 Å². The normalized spacial score (nSPS) is 10.2. The highest BCUT2D eigenvalue weighted by Gasteiger charge is 1.97. The second kappa shape index (κ2) is 4.80. The number of phenols is 2. The van der Waals surface area contributed by atoms with Crippen LogP contribution >= 0.6 is 0 Å². The van der Waals surface area contributed by atoms with Crippen LogP contribution in [-0.4, -0.2) is 27.7 Å². The predicted molar refractivity (Wildman–Crippen MR) is 48.7 cm³/mol. The van der Waals surface area contributed by atoms with E-state index in [2.05, 4.69) is 0 Å². The molecule has 6 nitrogen and oxygen atoms in total. The van der Waals surface area contributed by atoms with Gasteiger partial charge in [0, 0.05) is 5.56 Å². The number of hydrogen-bond donors (Lipinski definition) is 4. The Balaban J connectivity index is 0.000000292. The van der Waals surface area contributed by atoms with Crippen molar-refractivity contribution >= 4 is 10.4 Å². The van der Waals surface area contributed by atoms with E-state index < -0.39 is 10.4 Å². The fourth-order valence-corrected chi connectivity index (χ4v) is 0.612. The molecule has 0 amide bonds. The molecule has 0 bridgehead atoms. The van der Waals surface area contributed by atoms with Gasteiger partial charge in [0.25, 0.3) is 0 Å². The van der Waals surface area contributed by atoms with Gasteiger partial charge in [-0.05, 0) is 19.1 Å². The maximum Gasteiger partial charge on any atom is 0.394 e. The molecule has 0 aromatic heterocycles. The van der Waals surface area contributed by atoms with E-state index in [0.717, 1.165) is 0 Å². The van der Waals surface area contributed by atoms with Gasteiger partial charge in [-0.25, -0.2) is 0 Å². The van der Waals surface area contributed by atoms with Gasteiger partial charge in [0.05, 0.1) is 0 Å². The van der Waals surface area contributed by atoms with Crippen LogP contribution in [0.2, 0.25) is 0 Å². The van der Waals surface area contributed by atoms with E-state index in [0.29, 0.717) is 5.56 Å². The molecule has 1 aromatic carbocycles. The van der Waals surface area contributed by atoms with Crippen LogP contribution in [0.25, 0.3) is 0 Å². The summed E-state index contributed by atoms with van der Waals surface area (Å²) < 4.78 is 31.6. The molecule has 0 atom stereocenters. The fourth-order valence-electron chi connectivity index (χ4n) is 0.612. The van der Waals surface area contributed by atoms with Crippen LogP contribution < -0.4 is 0 Å². The smallest absolute Gasteiger partial charge is 0.394 e. The second-order valence-electron chi connectivity index (χ2n) is 2.37. The van der Waals surface area contributed by atoms with Gasteiger partial charge in [0.15, 0.2) is 0 Å². The average Bonchev–Trinajstić information content (AvgIpc) is 1.97. The Morgan fingerprint density at radius 1 is 1.07 bits per heavy atom. The van der Waals surface area contributed by atoms with Gasteiger partial charge in [-0.3, -0.25) is 9.11 Å². The Bertz CT molecular complexity index is 368. The molecule has 7 heteroatoms. The van der Waals surface area contributed by atoms with Crippen molar-refractivity contribution in [1.82, 2.24) is 0 Å². The Kier molecular flexibility index (Phi) is 4.35. The summed E-state index contributed by atoms with van der Waals surface area (Å²) in [5.41, 5.74) is 0.525. The number of rotatable bonds is 0. The van der Waals surface area contributed by atoms with Crippen LogP contribution in [0.3, 0.4) is 0 Å². The van der Waals surface area contributed by atoms with Crippen LogP contribution in [0, 0.1) is 6.92 Å². The third-order valence-corrected chi connectivity index (χ3v) is 1.28. The number of aromatic hydroxyl groups is 2. The zero-order valence-electron chi connectivity index (χ0n) is 7.25. The highest BCUT2D eigenvalue weighted by atomic mass is 32.3. The van der Waals surface area contributed by atoms with Crippen molar-refractivity contribution in [3.63, 3.8) is 0 Å². The summed E-state index contributed by atoms with van der Waals surface area (Å²) in [4.78, 5) is 0. The van der Waals surface area contributed by atoms with Crippen molar-refractivity contribution < 1.29 is 27.7 Å². The molecule has 4 N–H and O–H groups in total. The molecule has 0 aliphatic rings. The molecule has 0 fully saturated rings. The van der Waals surface area contributed by atoms with E-state index in [1.54, 1.807) is 13.0 Å². The minimum Gasteiger partial charge on any atom is -0.508 e. The third kappa shape index (κ3) is 6.23. The highest BCUT2D eigenvalue weighted by molar-refractivity contribution is 7.79. The summed E-state index contributed by atoms with van der Waals surface area (Å²) in [6.07, 6.45) is 0. The molecule has 0 aliphatic carbocycles. The summed E-state index contributed by atoms with van der Waals surface area (Å²) in [5.74, 6) is 0.269. The van der Waals surface area contributed by atoms with E-state index in [9.17, 15) is 0 Å². The van der Waals surface area contributed by atoms with Gasteiger partial charge < -0.3 is 10.2 Å². The third-order valence-electron chi connectivity index (χ3n) is 1.28. The van der Waals surface area contributed by atoms with Crippen molar-refractivity contribution in [2.45, 2.75) is 6.92 Å². The molecule has 0 saturated carbocycles. The van der Waals surface area contributed by atoms with E-state index in [1.807, 2.05) is 0 Å². The fraction of sp³-hybridized carbons (Fsp3) is 0.143. The first-order valence-corrected chi connectivity index (χ1v) is 4.79. The van der Waals surface area contributed by atoms with Gasteiger partial charge >= 0.3 is 10.4 Å². The van der Waals surface area contributed by atoms with Gasteiger partial charge in [-0.1, -0.05) is 6.07 Å². The number of benzene rings is 1. The number of hydrogen-bond acceptors (Lipinski definition) is 4. The van der Waals surface area contributed by atoms with Crippen LogP contribution in [0.15, 0.2) is 18.2 Å². The van der Waals surface area contributed by atoms with Gasteiger partial charge in [0.1, 0.15) is 11.5 Å². The first-order valence-electron chi connectivity index (χ1n) is 3.39. The highest BCUT2D eigenvalue weighted by Crippen LogP contribution is 2.23. The van der Waals surface area contributed by atoms with Crippen molar-refractivity contribution in [3.05, 3.63) is 23.8 Å². The van der Waals surface area contributed by atoms with Crippen LogP contribution in [-0.2, 0) is 10.4 Å². The average molecular weight is 222 g/mol. The zero-order chi connectivity index (χ0) is 11.4. The monoisotopic (exact) mass is 222 g/mol. The summed E-state index contributed by atoms with van der Waals surface area (Å²) in [6.45, 7) is 1.66. The maximum absolute atomic E-state index is 8.94. The van der Waals surface area contributed by atoms with Crippen LogP contribution in [0.4, 0.5) is 0 Å². The van der Waals surface area contributed by atoms with Crippen LogP contribution in [0.5, 0.6) is 11.5 Å². The Hall–Kier alpha value is -1.31. The molecule has 0 radical (unpaired) electrons. The van der Waals surface area contributed by atoms with Crippen molar-refractivity contribution in [2.24, 2.45) is 0 Å². The van der Waals surface area contributed by atoms with E-state index in [4.69, 9.17) is 27.7 Å². The van der Waals surface area contributed by atoms with E-state index >= 15 is 0 Å². The molecular weight excluding hydrogens is 212 g/mol.